The van der Waals surface area contributed by atoms with Crippen molar-refractivity contribution in [1.82, 2.24) is 9.55 Å². The zero-order valence-electron chi connectivity index (χ0n) is 12.9. The van der Waals surface area contributed by atoms with Crippen LogP contribution in [0.1, 0.15) is 55.0 Å². The molecule has 0 aliphatic rings. The second-order valence-electron chi connectivity index (χ2n) is 6.17. The molecule has 0 fully saturated rings. The van der Waals surface area contributed by atoms with E-state index in [9.17, 15) is 4.79 Å². The summed E-state index contributed by atoms with van der Waals surface area (Å²) in [5.41, 5.74) is 3.34. The summed E-state index contributed by atoms with van der Waals surface area (Å²) in [4.78, 5) is 16.6. The minimum atomic E-state index is -0.0207. The number of nitrogens with zero attached hydrogens (tertiary/aromatic N) is 2. The van der Waals surface area contributed by atoms with Crippen molar-refractivity contribution in [3.05, 3.63) is 53.1 Å². The summed E-state index contributed by atoms with van der Waals surface area (Å²) in [6.45, 7) is 8.71. The first kappa shape index (κ1) is 14.5. The molecule has 2 aromatic rings. The zero-order chi connectivity index (χ0) is 14.9. The molecule has 0 spiro atoms. The van der Waals surface area contributed by atoms with Crippen LogP contribution in [-0.2, 0) is 18.9 Å². The van der Waals surface area contributed by atoms with Gasteiger partial charge in [-0.15, -0.1) is 0 Å². The number of benzene rings is 1. The van der Waals surface area contributed by atoms with E-state index in [2.05, 4.69) is 38.7 Å². The van der Waals surface area contributed by atoms with E-state index in [-0.39, 0.29) is 11.2 Å². The molecule has 106 valence electrons. The predicted molar refractivity (Wildman–Crippen MR) is 81.2 cm³/mol. The number of carbonyl (C=O) groups is 1. The molecular formula is C17H22N2O. The van der Waals surface area contributed by atoms with Crippen LogP contribution >= 0.6 is 0 Å². The Labute approximate surface area is 120 Å². The van der Waals surface area contributed by atoms with E-state index in [0.29, 0.717) is 11.4 Å². The van der Waals surface area contributed by atoms with E-state index in [1.807, 2.05) is 19.2 Å². The molecule has 2 rings (SSSR count). The first-order valence-electron chi connectivity index (χ1n) is 7.00. The fraction of sp³-hybridized carbons (Fsp3) is 0.412. The standard InChI is InChI=1S/C17H22N2O/c1-6-12-11-13(7-8-14(12)17(2,3)4)15(20)16-18-9-10-19(16)5/h7-11H,6H2,1-5H3. The summed E-state index contributed by atoms with van der Waals surface area (Å²) in [5.74, 6) is 0.461. The van der Waals surface area contributed by atoms with Crippen LogP contribution in [0.15, 0.2) is 30.6 Å². The highest BCUT2D eigenvalue weighted by Gasteiger charge is 2.20. The third-order valence-electron chi connectivity index (χ3n) is 3.58. The normalized spacial score (nSPS) is 11.7. The third-order valence-corrected chi connectivity index (χ3v) is 3.58. The average Bonchev–Trinajstić information content (AvgIpc) is 2.82. The number of ketones is 1. The number of hydrogen-bond acceptors (Lipinski definition) is 2. The largest absolute Gasteiger partial charge is 0.331 e. The maximum Gasteiger partial charge on any atom is 0.228 e. The SMILES string of the molecule is CCc1cc(C(=O)c2nccn2C)ccc1C(C)(C)C. The Balaban J connectivity index is 2.45. The van der Waals surface area contributed by atoms with Crippen LogP contribution in [0.5, 0.6) is 0 Å². The minimum Gasteiger partial charge on any atom is -0.331 e. The van der Waals surface area contributed by atoms with Crippen molar-refractivity contribution in [3.63, 3.8) is 0 Å². The van der Waals surface area contributed by atoms with Crippen molar-refractivity contribution >= 4 is 5.78 Å². The molecule has 1 heterocycles. The lowest BCUT2D eigenvalue weighted by Gasteiger charge is -2.23. The van der Waals surface area contributed by atoms with Gasteiger partial charge in [-0.05, 0) is 29.0 Å². The van der Waals surface area contributed by atoms with Crippen LogP contribution in [0.2, 0.25) is 0 Å². The summed E-state index contributed by atoms with van der Waals surface area (Å²) in [6.07, 6.45) is 4.36. The van der Waals surface area contributed by atoms with Gasteiger partial charge in [0.2, 0.25) is 5.78 Å². The van der Waals surface area contributed by atoms with Crippen molar-refractivity contribution in [2.45, 2.75) is 39.5 Å². The zero-order valence-corrected chi connectivity index (χ0v) is 12.9. The molecule has 3 nitrogen and oxygen atoms in total. The van der Waals surface area contributed by atoms with Gasteiger partial charge < -0.3 is 4.57 Å². The van der Waals surface area contributed by atoms with E-state index in [0.717, 1.165) is 6.42 Å². The Morgan fingerprint density at radius 3 is 2.50 bits per heavy atom. The Kier molecular flexibility index (Phi) is 3.80. The molecule has 20 heavy (non-hydrogen) atoms. The van der Waals surface area contributed by atoms with Crippen LogP contribution in [-0.4, -0.2) is 15.3 Å². The maximum atomic E-state index is 12.5. The lowest BCUT2D eigenvalue weighted by Crippen LogP contribution is -2.16. The van der Waals surface area contributed by atoms with Crippen molar-refractivity contribution in [2.75, 3.05) is 0 Å². The van der Waals surface area contributed by atoms with Crippen molar-refractivity contribution in [3.8, 4) is 0 Å². The van der Waals surface area contributed by atoms with Crippen molar-refractivity contribution in [1.29, 1.82) is 0 Å². The fourth-order valence-electron chi connectivity index (χ4n) is 2.47. The molecule has 0 bridgehead atoms. The summed E-state index contributed by atoms with van der Waals surface area (Å²) < 4.78 is 1.76. The molecule has 0 amide bonds. The Morgan fingerprint density at radius 2 is 2.00 bits per heavy atom. The van der Waals surface area contributed by atoms with E-state index < -0.39 is 0 Å². The van der Waals surface area contributed by atoms with Gasteiger partial charge in [-0.25, -0.2) is 4.98 Å². The molecule has 0 unspecified atom stereocenters. The van der Waals surface area contributed by atoms with Crippen molar-refractivity contribution < 1.29 is 4.79 Å². The predicted octanol–water partition coefficient (Wildman–Crippen LogP) is 3.51. The highest BCUT2D eigenvalue weighted by molar-refractivity contribution is 6.06. The number of rotatable bonds is 3. The van der Waals surface area contributed by atoms with Gasteiger partial charge in [0.15, 0.2) is 5.82 Å². The van der Waals surface area contributed by atoms with E-state index in [1.165, 1.54) is 11.1 Å². The van der Waals surface area contributed by atoms with Gasteiger partial charge >= 0.3 is 0 Å². The molecule has 3 heteroatoms. The lowest BCUT2D eigenvalue weighted by molar-refractivity contribution is 0.102. The van der Waals surface area contributed by atoms with Crippen LogP contribution in [0.4, 0.5) is 0 Å². The molecular weight excluding hydrogens is 248 g/mol. The fourth-order valence-corrected chi connectivity index (χ4v) is 2.47. The van der Waals surface area contributed by atoms with Crippen LogP contribution in [0.3, 0.4) is 0 Å². The van der Waals surface area contributed by atoms with E-state index in [1.54, 1.807) is 17.0 Å². The average molecular weight is 270 g/mol. The molecule has 0 radical (unpaired) electrons. The minimum absolute atomic E-state index is 0.0207. The topological polar surface area (TPSA) is 34.9 Å². The van der Waals surface area contributed by atoms with Gasteiger partial charge in [-0.1, -0.05) is 39.8 Å². The van der Waals surface area contributed by atoms with Gasteiger partial charge in [0.1, 0.15) is 0 Å². The molecule has 1 aromatic carbocycles. The maximum absolute atomic E-state index is 12.5. The molecule has 0 aliphatic carbocycles. The van der Waals surface area contributed by atoms with E-state index in [4.69, 9.17) is 0 Å². The Bertz CT molecular complexity index is 633. The van der Waals surface area contributed by atoms with Crippen LogP contribution in [0.25, 0.3) is 0 Å². The quantitative estimate of drug-likeness (QED) is 0.800. The Morgan fingerprint density at radius 1 is 1.30 bits per heavy atom. The molecule has 1 aromatic heterocycles. The molecule has 0 saturated heterocycles. The molecule has 0 saturated carbocycles. The number of aromatic nitrogens is 2. The van der Waals surface area contributed by atoms with Crippen LogP contribution in [0, 0.1) is 0 Å². The second-order valence-corrected chi connectivity index (χ2v) is 6.17. The van der Waals surface area contributed by atoms with Gasteiger partial charge in [0, 0.05) is 25.0 Å². The number of aryl methyl sites for hydroxylation is 2. The molecule has 0 aliphatic heterocycles. The van der Waals surface area contributed by atoms with Gasteiger partial charge in [0.25, 0.3) is 0 Å². The second kappa shape index (κ2) is 5.23. The smallest absolute Gasteiger partial charge is 0.228 e. The van der Waals surface area contributed by atoms with Crippen molar-refractivity contribution in [2.24, 2.45) is 7.05 Å². The number of hydrogen-bond donors (Lipinski definition) is 0. The molecule has 0 atom stereocenters. The number of imidazole rings is 1. The van der Waals surface area contributed by atoms with Crippen LogP contribution < -0.4 is 0 Å². The summed E-state index contributed by atoms with van der Waals surface area (Å²) in [7, 11) is 1.84. The van der Waals surface area contributed by atoms with Gasteiger partial charge in [0.05, 0.1) is 0 Å². The summed E-state index contributed by atoms with van der Waals surface area (Å²) in [6, 6.07) is 6.00. The monoisotopic (exact) mass is 270 g/mol. The van der Waals surface area contributed by atoms with Gasteiger partial charge in [-0.3, -0.25) is 4.79 Å². The Hall–Kier alpha value is -1.90. The molecule has 0 N–H and O–H groups in total. The van der Waals surface area contributed by atoms with E-state index >= 15 is 0 Å². The highest BCUT2D eigenvalue weighted by atomic mass is 16.1. The summed E-state index contributed by atoms with van der Waals surface area (Å²) >= 11 is 0. The van der Waals surface area contributed by atoms with Gasteiger partial charge in [-0.2, -0.15) is 0 Å². The lowest BCUT2D eigenvalue weighted by atomic mass is 9.82. The number of carbonyl (C=O) groups excluding carboxylic acids is 1. The highest BCUT2D eigenvalue weighted by Crippen LogP contribution is 2.27. The third kappa shape index (κ3) is 2.67. The summed E-state index contributed by atoms with van der Waals surface area (Å²) in [5, 5.41) is 0. The first-order valence-corrected chi connectivity index (χ1v) is 7.00. The first-order chi connectivity index (χ1) is 9.34.